The van der Waals surface area contributed by atoms with Crippen molar-refractivity contribution in [2.75, 3.05) is 7.11 Å². The SMILES string of the molecule is COC(=O)N[C@H](C(=O)n1cccc1-c1nc2ccc(-c3cc4n(n3)COc3cc(-c5cnc(-c6cccn6C(=O)[C@@H](NC(=O)O)C(C)C)[nH]5)ccc3-4)cc2[nH]1)C(C)C. The number of fused-ring (bicyclic) bond motifs is 4. The van der Waals surface area contributed by atoms with E-state index in [2.05, 4.69) is 25.6 Å². The lowest BCUT2D eigenvalue weighted by Gasteiger charge is -2.21. The molecule has 8 rings (SSSR count). The summed E-state index contributed by atoms with van der Waals surface area (Å²) in [5.74, 6) is 0.422. The highest BCUT2D eigenvalue weighted by Gasteiger charge is 2.29. The molecule has 17 heteroatoms. The number of nitrogens with one attached hydrogen (secondary N) is 4. The third-order valence-electron chi connectivity index (χ3n) is 10.1. The monoisotopic (exact) mass is 784 g/mol. The van der Waals surface area contributed by atoms with E-state index in [1.807, 2.05) is 56.3 Å². The lowest BCUT2D eigenvalue weighted by atomic mass is 10.0. The first-order chi connectivity index (χ1) is 27.9. The number of aromatic amines is 2. The highest BCUT2D eigenvalue weighted by Crippen LogP contribution is 2.39. The minimum atomic E-state index is -1.27. The summed E-state index contributed by atoms with van der Waals surface area (Å²) < 4.78 is 15.6. The number of benzene rings is 2. The Kier molecular flexibility index (Phi) is 9.64. The minimum Gasteiger partial charge on any atom is -0.471 e. The van der Waals surface area contributed by atoms with E-state index in [0.29, 0.717) is 40.0 Å². The predicted octanol–water partition coefficient (Wildman–Crippen LogP) is 6.72. The maximum atomic E-state index is 13.6. The van der Waals surface area contributed by atoms with E-state index in [0.717, 1.165) is 33.6 Å². The fourth-order valence-corrected chi connectivity index (χ4v) is 7.09. The molecule has 0 saturated heterocycles. The second kappa shape index (κ2) is 14.9. The lowest BCUT2D eigenvalue weighted by molar-refractivity contribution is 0.0818. The predicted molar refractivity (Wildman–Crippen MR) is 213 cm³/mol. The third kappa shape index (κ3) is 6.86. The Morgan fingerprint density at radius 3 is 2.16 bits per heavy atom. The van der Waals surface area contributed by atoms with E-state index in [4.69, 9.17) is 19.6 Å². The number of carbonyl (C=O) groups excluding carboxylic acids is 3. The van der Waals surface area contributed by atoms with Crippen molar-refractivity contribution in [2.45, 2.75) is 46.5 Å². The number of imidazole rings is 2. The van der Waals surface area contributed by atoms with Crippen molar-refractivity contribution >= 4 is 35.0 Å². The molecule has 0 fully saturated rings. The van der Waals surface area contributed by atoms with Crippen LogP contribution >= 0.6 is 0 Å². The number of H-pyrrole nitrogens is 2. The van der Waals surface area contributed by atoms with Crippen LogP contribution in [0.3, 0.4) is 0 Å². The zero-order valence-electron chi connectivity index (χ0n) is 32.2. The summed E-state index contributed by atoms with van der Waals surface area (Å²) in [5.41, 5.74) is 7.33. The number of carbonyl (C=O) groups is 4. The molecule has 1 aliphatic rings. The van der Waals surface area contributed by atoms with Crippen LogP contribution in [-0.4, -0.2) is 87.2 Å². The van der Waals surface area contributed by atoms with Crippen LogP contribution in [0.2, 0.25) is 0 Å². The standard InChI is InChI=1S/C41H40N10O7/c1-21(2)34(46-40(54)55)38(52)49-14-6-8-30(49)36-42-19-29(45-36)24-10-12-25-32-18-27(48-51(32)20-58-33(25)17-24)23-11-13-26-28(16-23)44-37(43-26)31-9-7-15-50(31)39(53)35(22(3)4)47-41(56)57-5/h6-19,21-22,34-35,46H,20H2,1-5H3,(H,42,45)(H,43,44)(H,47,56)(H,54,55)/t34-,35-/m0/s1. The molecule has 5 aromatic heterocycles. The van der Waals surface area contributed by atoms with Gasteiger partial charge in [0.2, 0.25) is 0 Å². The molecule has 1 aliphatic heterocycles. The van der Waals surface area contributed by atoms with Crippen molar-refractivity contribution in [3.63, 3.8) is 0 Å². The van der Waals surface area contributed by atoms with Crippen LogP contribution < -0.4 is 15.4 Å². The second-order valence-corrected chi connectivity index (χ2v) is 14.6. The number of alkyl carbamates (subject to hydrolysis) is 1. The first-order valence-electron chi connectivity index (χ1n) is 18.6. The molecular formula is C41H40N10O7. The molecule has 5 N–H and O–H groups in total. The van der Waals surface area contributed by atoms with Crippen LogP contribution in [0.1, 0.15) is 37.3 Å². The first kappa shape index (κ1) is 37.5. The molecule has 296 valence electrons. The number of amides is 2. The maximum Gasteiger partial charge on any atom is 0.407 e. The van der Waals surface area contributed by atoms with Gasteiger partial charge in [-0.15, -0.1) is 0 Å². The number of carboxylic acid groups (broad SMARTS) is 1. The minimum absolute atomic E-state index is 0.190. The summed E-state index contributed by atoms with van der Waals surface area (Å²) in [6.07, 6.45) is 2.96. The van der Waals surface area contributed by atoms with Gasteiger partial charge in [-0.05, 0) is 66.4 Å². The summed E-state index contributed by atoms with van der Waals surface area (Å²) in [7, 11) is 1.26. The maximum absolute atomic E-state index is 13.6. The first-order valence-corrected chi connectivity index (χ1v) is 18.6. The van der Waals surface area contributed by atoms with Gasteiger partial charge in [-0.25, -0.2) is 24.2 Å². The summed E-state index contributed by atoms with van der Waals surface area (Å²) in [6.45, 7) is 7.44. The van der Waals surface area contributed by atoms with Gasteiger partial charge in [-0.1, -0.05) is 39.8 Å². The van der Waals surface area contributed by atoms with Crippen LogP contribution in [0.5, 0.6) is 5.75 Å². The third-order valence-corrected chi connectivity index (χ3v) is 10.1. The number of methoxy groups -OCH3 is 1. The normalized spacial score (nSPS) is 13.2. The molecule has 0 bridgehead atoms. The van der Waals surface area contributed by atoms with E-state index in [1.54, 1.807) is 61.4 Å². The van der Waals surface area contributed by atoms with Gasteiger partial charge in [0, 0.05) is 29.1 Å². The van der Waals surface area contributed by atoms with Crippen molar-refractivity contribution in [3.05, 3.63) is 85.3 Å². The van der Waals surface area contributed by atoms with Crippen LogP contribution in [0.25, 0.3) is 67.8 Å². The molecule has 0 unspecified atom stereocenters. The molecule has 2 amide bonds. The Morgan fingerprint density at radius 1 is 0.810 bits per heavy atom. The number of nitrogens with zero attached hydrogens (tertiary/aromatic N) is 6. The van der Waals surface area contributed by atoms with Gasteiger partial charge in [0.15, 0.2) is 18.4 Å². The van der Waals surface area contributed by atoms with Gasteiger partial charge >= 0.3 is 12.2 Å². The van der Waals surface area contributed by atoms with E-state index >= 15 is 0 Å². The van der Waals surface area contributed by atoms with E-state index in [9.17, 15) is 24.3 Å². The van der Waals surface area contributed by atoms with Gasteiger partial charge in [0.1, 0.15) is 17.8 Å². The van der Waals surface area contributed by atoms with Crippen LogP contribution in [0.15, 0.2) is 85.3 Å². The van der Waals surface area contributed by atoms with Gasteiger partial charge < -0.3 is 35.2 Å². The molecule has 0 spiro atoms. The Bertz CT molecular complexity index is 2710. The number of ether oxygens (including phenoxy) is 2. The second-order valence-electron chi connectivity index (χ2n) is 14.6. The zero-order chi connectivity index (χ0) is 40.8. The number of aromatic nitrogens is 8. The molecule has 58 heavy (non-hydrogen) atoms. The quantitative estimate of drug-likeness (QED) is 0.0986. The molecule has 6 heterocycles. The Morgan fingerprint density at radius 2 is 1.48 bits per heavy atom. The average molecular weight is 785 g/mol. The van der Waals surface area contributed by atoms with Crippen LogP contribution in [-0.2, 0) is 11.5 Å². The van der Waals surface area contributed by atoms with Crippen molar-refractivity contribution < 1.29 is 33.8 Å². The molecule has 17 nitrogen and oxygen atoms in total. The summed E-state index contributed by atoms with van der Waals surface area (Å²) in [4.78, 5) is 66.2. The number of hydrogen-bond donors (Lipinski definition) is 5. The van der Waals surface area contributed by atoms with E-state index in [1.165, 1.54) is 16.2 Å². The van der Waals surface area contributed by atoms with Crippen LogP contribution in [0, 0.1) is 11.8 Å². The smallest absolute Gasteiger partial charge is 0.407 e. The number of hydrogen-bond acceptors (Lipinski definition) is 9. The van der Waals surface area contributed by atoms with Crippen molar-refractivity contribution in [1.29, 1.82) is 0 Å². The highest BCUT2D eigenvalue weighted by atomic mass is 16.5. The van der Waals surface area contributed by atoms with Gasteiger partial charge in [0.05, 0.1) is 52.8 Å². The molecule has 0 radical (unpaired) electrons. The Hall–Kier alpha value is -7.43. The Labute approximate surface area is 331 Å². The summed E-state index contributed by atoms with van der Waals surface area (Å²) in [5, 5.41) is 19.1. The van der Waals surface area contributed by atoms with E-state index < -0.39 is 30.2 Å². The van der Waals surface area contributed by atoms with Gasteiger partial charge in [-0.3, -0.25) is 18.7 Å². The Balaban J connectivity index is 1.03. The molecule has 2 atom stereocenters. The highest BCUT2D eigenvalue weighted by molar-refractivity contribution is 5.92. The van der Waals surface area contributed by atoms with E-state index in [-0.39, 0.29) is 24.5 Å². The summed E-state index contributed by atoms with van der Waals surface area (Å²) in [6, 6.07) is 18.9. The molecule has 0 aliphatic carbocycles. The fraction of sp³-hybridized carbons (Fsp3) is 0.244. The average Bonchev–Trinajstić information content (AvgIpc) is 4.05. The summed E-state index contributed by atoms with van der Waals surface area (Å²) >= 11 is 0. The lowest BCUT2D eigenvalue weighted by Crippen LogP contribution is -2.46. The van der Waals surface area contributed by atoms with Crippen LogP contribution in [0.4, 0.5) is 9.59 Å². The molecule has 7 aromatic rings. The van der Waals surface area contributed by atoms with Crippen molar-refractivity contribution in [3.8, 4) is 62.6 Å². The molecule has 2 aromatic carbocycles. The van der Waals surface area contributed by atoms with Crippen molar-refractivity contribution in [1.82, 2.24) is 49.5 Å². The molecular weight excluding hydrogens is 745 g/mol. The van der Waals surface area contributed by atoms with Gasteiger partial charge in [-0.2, -0.15) is 5.10 Å². The van der Waals surface area contributed by atoms with Gasteiger partial charge in [0.25, 0.3) is 11.8 Å². The zero-order valence-corrected chi connectivity index (χ0v) is 32.2. The topological polar surface area (TPSA) is 216 Å². The number of rotatable bonds is 10. The van der Waals surface area contributed by atoms with Crippen molar-refractivity contribution in [2.24, 2.45) is 11.8 Å². The molecule has 0 saturated carbocycles. The fourth-order valence-electron chi connectivity index (χ4n) is 7.09. The largest absolute Gasteiger partial charge is 0.471 e.